The number of nitro groups is 1. The highest BCUT2D eigenvalue weighted by atomic mass is 32.2. The summed E-state index contributed by atoms with van der Waals surface area (Å²) in [6.07, 6.45) is 3.57. The first-order valence-corrected chi connectivity index (χ1v) is 11.8. The Hall–Kier alpha value is -2.83. The van der Waals surface area contributed by atoms with Crippen molar-refractivity contribution in [2.75, 3.05) is 19.1 Å². The van der Waals surface area contributed by atoms with E-state index < -0.39 is 22.8 Å². The number of thiocarbonyl (C=S) groups is 1. The second-order valence-corrected chi connectivity index (χ2v) is 9.19. The Morgan fingerprint density at radius 3 is 2.81 bits per heavy atom. The molecule has 32 heavy (non-hydrogen) atoms. The van der Waals surface area contributed by atoms with Gasteiger partial charge in [0.2, 0.25) is 0 Å². The quantitative estimate of drug-likeness (QED) is 0.234. The van der Waals surface area contributed by atoms with Gasteiger partial charge in [0.05, 0.1) is 28.6 Å². The Labute approximate surface area is 196 Å². The van der Waals surface area contributed by atoms with Crippen molar-refractivity contribution in [3.05, 3.63) is 51.1 Å². The largest absolute Gasteiger partial charge is 0.497 e. The minimum absolute atomic E-state index is 0.160. The number of carboxylic acid groups (broad SMARTS) is 1. The first-order chi connectivity index (χ1) is 15.3. The second kappa shape index (κ2) is 10.2. The first kappa shape index (κ1) is 23.8. The molecule has 0 bridgehead atoms. The lowest BCUT2D eigenvalue weighted by molar-refractivity contribution is -0.384. The number of ether oxygens (including phenoxy) is 1. The van der Waals surface area contributed by atoms with Gasteiger partial charge in [-0.1, -0.05) is 24.0 Å². The normalized spacial score (nSPS) is 15.9. The van der Waals surface area contributed by atoms with E-state index in [1.54, 1.807) is 18.2 Å². The number of carbonyl (C=O) groups excluding carboxylic acids is 1. The number of aliphatic carboxylic acids is 1. The van der Waals surface area contributed by atoms with Crippen LogP contribution in [0.15, 0.2) is 39.7 Å². The number of hydrogen-bond acceptors (Lipinski definition) is 9. The highest BCUT2D eigenvalue weighted by Gasteiger charge is 2.40. The number of nitrogens with zero attached hydrogens (tertiary/aromatic N) is 2. The number of furan rings is 1. The zero-order valence-electron chi connectivity index (χ0n) is 17.0. The van der Waals surface area contributed by atoms with Gasteiger partial charge in [-0.25, -0.2) is 4.79 Å². The Kier molecular flexibility index (Phi) is 7.59. The molecule has 1 saturated heterocycles. The van der Waals surface area contributed by atoms with Gasteiger partial charge >= 0.3 is 5.97 Å². The van der Waals surface area contributed by atoms with E-state index in [0.29, 0.717) is 11.5 Å². The van der Waals surface area contributed by atoms with Crippen LogP contribution < -0.4 is 4.74 Å². The van der Waals surface area contributed by atoms with Crippen molar-refractivity contribution in [3.63, 3.8) is 0 Å². The van der Waals surface area contributed by atoms with Crippen LogP contribution in [0.3, 0.4) is 0 Å². The molecule has 168 valence electrons. The summed E-state index contributed by atoms with van der Waals surface area (Å²) in [4.78, 5) is 36.8. The number of carbonyl (C=O) groups is 2. The lowest BCUT2D eigenvalue weighted by atomic mass is 10.1. The molecule has 1 aromatic heterocycles. The molecule has 1 aliphatic rings. The van der Waals surface area contributed by atoms with Gasteiger partial charge in [0, 0.05) is 6.08 Å². The smallest absolute Gasteiger partial charge is 0.326 e. The molecular weight excluding hydrogens is 476 g/mol. The Bertz CT molecular complexity index is 1110. The summed E-state index contributed by atoms with van der Waals surface area (Å²) >= 11 is 7.72. The zero-order chi connectivity index (χ0) is 23.4. The predicted octanol–water partition coefficient (Wildman–Crippen LogP) is 4.27. The molecule has 1 N–H and O–H groups in total. The first-order valence-electron chi connectivity index (χ1n) is 9.18. The number of nitro benzene ring substituents is 1. The topological polar surface area (TPSA) is 123 Å². The zero-order valence-corrected chi connectivity index (χ0v) is 19.4. The molecule has 0 aliphatic carbocycles. The van der Waals surface area contributed by atoms with Gasteiger partial charge in [-0.15, -0.1) is 0 Å². The summed E-state index contributed by atoms with van der Waals surface area (Å²) in [5.41, 5.74) is 0.0701. The molecule has 1 amide bonds. The highest BCUT2D eigenvalue weighted by molar-refractivity contribution is 8.26. The van der Waals surface area contributed by atoms with Crippen molar-refractivity contribution >= 4 is 63.7 Å². The van der Waals surface area contributed by atoms with Gasteiger partial charge in [0.15, 0.2) is 0 Å². The molecule has 3 rings (SSSR count). The molecule has 0 spiro atoms. The number of carboxylic acids is 1. The van der Waals surface area contributed by atoms with Gasteiger partial charge < -0.3 is 14.3 Å². The van der Waals surface area contributed by atoms with Crippen molar-refractivity contribution in [3.8, 4) is 17.1 Å². The van der Waals surface area contributed by atoms with Crippen LogP contribution in [-0.2, 0) is 9.59 Å². The fraction of sp³-hybridized carbons (Fsp3) is 0.250. The van der Waals surface area contributed by atoms with Gasteiger partial charge in [-0.05, 0) is 42.7 Å². The number of hydrogen-bond donors (Lipinski definition) is 1. The number of benzene rings is 1. The van der Waals surface area contributed by atoms with Crippen LogP contribution in [0.1, 0.15) is 12.2 Å². The Morgan fingerprint density at radius 1 is 1.44 bits per heavy atom. The fourth-order valence-electron chi connectivity index (χ4n) is 3.04. The summed E-state index contributed by atoms with van der Waals surface area (Å²) in [6.45, 7) is 0. The van der Waals surface area contributed by atoms with Crippen molar-refractivity contribution in [1.82, 2.24) is 4.90 Å². The molecule has 1 aromatic carbocycles. The predicted molar refractivity (Wildman–Crippen MR) is 127 cm³/mol. The van der Waals surface area contributed by atoms with Crippen molar-refractivity contribution in [2.45, 2.75) is 12.5 Å². The van der Waals surface area contributed by atoms with Crippen LogP contribution in [0, 0.1) is 10.1 Å². The maximum absolute atomic E-state index is 12.9. The SMILES string of the molecule is COc1ccc(-c2ccc(/C=C3/SC(=S)N(C(CCSC)C(=O)O)C3=O)o2)c([N+](=O)[O-])c1. The van der Waals surface area contributed by atoms with Gasteiger partial charge in [-0.3, -0.25) is 19.8 Å². The lowest BCUT2D eigenvalue weighted by Crippen LogP contribution is -2.44. The van der Waals surface area contributed by atoms with Crippen LogP contribution in [0.5, 0.6) is 5.75 Å². The molecule has 12 heteroatoms. The minimum atomic E-state index is -1.12. The summed E-state index contributed by atoms with van der Waals surface area (Å²) in [5.74, 6) is -0.211. The molecule has 9 nitrogen and oxygen atoms in total. The molecule has 0 radical (unpaired) electrons. The average molecular weight is 495 g/mol. The van der Waals surface area contributed by atoms with E-state index in [1.165, 1.54) is 37.1 Å². The number of methoxy groups -OCH3 is 1. The van der Waals surface area contributed by atoms with Crippen molar-refractivity contribution in [2.24, 2.45) is 0 Å². The molecular formula is C20H18N2O7S3. The number of rotatable bonds is 9. The summed E-state index contributed by atoms with van der Waals surface area (Å²) in [5, 5.41) is 21.0. The molecule has 1 fully saturated rings. The van der Waals surface area contributed by atoms with Crippen LogP contribution in [0.4, 0.5) is 5.69 Å². The average Bonchev–Trinajstić information content (AvgIpc) is 3.33. The van der Waals surface area contributed by atoms with Crippen LogP contribution in [-0.4, -0.2) is 56.3 Å². The molecule has 0 saturated carbocycles. The van der Waals surface area contributed by atoms with Gasteiger partial charge in [0.1, 0.15) is 27.6 Å². The summed E-state index contributed by atoms with van der Waals surface area (Å²) in [7, 11) is 1.41. The van der Waals surface area contributed by atoms with Crippen LogP contribution in [0.25, 0.3) is 17.4 Å². The maximum Gasteiger partial charge on any atom is 0.326 e. The molecule has 1 aliphatic heterocycles. The molecule has 2 aromatic rings. The van der Waals surface area contributed by atoms with Gasteiger partial charge in [0.25, 0.3) is 11.6 Å². The van der Waals surface area contributed by atoms with E-state index in [4.69, 9.17) is 21.4 Å². The van der Waals surface area contributed by atoms with Crippen molar-refractivity contribution in [1.29, 1.82) is 0 Å². The molecule has 2 heterocycles. The van der Waals surface area contributed by atoms with E-state index in [2.05, 4.69) is 0 Å². The van der Waals surface area contributed by atoms with E-state index in [1.807, 2.05) is 6.26 Å². The van der Waals surface area contributed by atoms with Crippen LogP contribution in [0.2, 0.25) is 0 Å². The Balaban J connectivity index is 1.89. The standard InChI is InChI=1S/C20H18N2O7S3/c1-28-11-3-5-13(15(9-11)22(26)27)16-6-4-12(29-16)10-17-18(23)21(20(30)32-17)14(19(24)25)7-8-31-2/h3-6,9-10,14H,7-8H2,1-2H3,(H,24,25)/b17-10+. The highest BCUT2D eigenvalue weighted by Crippen LogP contribution is 2.37. The monoisotopic (exact) mass is 494 g/mol. The maximum atomic E-state index is 12.9. The molecule has 1 atom stereocenters. The van der Waals surface area contributed by atoms with Crippen LogP contribution >= 0.6 is 35.7 Å². The fourth-order valence-corrected chi connectivity index (χ4v) is 4.84. The second-order valence-electron chi connectivity index (χ2n) is 6.53. The summed E-state index contributed by atoms with van der Waals surface area (Å²) < 4.78 is 10.9. The Morgan fingerprint density at radius 2 is 2.19 bits per heavy atom. The van der Waals surface area contributed by atoms with E-state index in [9.17, 15) is 24.8 Å². The van der Waals surface area contributed by atoms with E-state index in [-0.39, 0.29) is 38.4 Å². The lowest BCUT2D eigenvalue weighted by Gasteiger charge is -2.22. The third kappa shape index (κ3) is 4.97. The number of amides is 1. The van der Waals surface area contributed by atoms with Crippen molar-refractivity contribution < 1.29 is 28.8 Å². The van der Waals surface area contributed by atoms with Gasteiger partial charge in [-0.2, -0.15) is 11.8 Å². The number of thioether (sulfide) groups is 2. The molecule has 1 unspecified atom stereocenters. The third-order valence-electron chi connectivity index (χ3n) is 4.58. The van der Waals surface area contributed by atoms with E-state index >= 15 is 0 Å². The van der Waals surface area contributed by atoms with E-state index in [0.717, 1.165) is 16.7 Å². The minimum Gasteiger partial charge on any atom is -0.497 e. The third-order valence-corrected chi connectivity index (χ3v) is 6.56. The summed E-state index contributed by atoms with van der Waals surface area (Å²) in [6, 6.07) is 6.47.